The van der Waals surface area contributed by atoms with E-state index in [9.17, 15) is 13.2 Å². The van der Waals surface area contributed by atoms with Gasteiger partial charge in [0.1, 0.15) is 10.6 Å². The Balaban J connectivity index is 2.29. The van der Waals surface area contributed by atoms with Crippen molar-refractivity contribution in [3.8, 4) is 5.75 Å². The number of amides is 1. The molecule has 0 saturated carbocycles. The lowest BCUT2D eigenvalue weighted by atomic mass is 10.2. The molecule has 0 N–H and O–H groups in total. The molecule has 1 aromatic rings. The van der Waals surface area contributed by atoms with Crippen LogP contribution in [0.25, 0.3) is 6.08 Å². The first-order valence-electron chi connectivity index (χ1n) is 9.17. The average molecular weight is 409 g/mol. The number of rotatable bonds is 8. The van der Waals surface area contributed by atoms with E-state index in [0.717, 1.165) is 5.57 Å². The monoisotopic (exact) mass is 408 g/mol. The van der Waals surface area contributed by atoms with Crippen LogP contribution >= 0.6 is 0 Å². The summed E-state index contributed by atoms with van der Waals surface area (Å²) in [5, 5.41) is 0. The Labute approximate surface area is 167 Å². The first-order chi connectivity index (χ1) is 13.3. The van der Waals surface area contributed by atoms with Crippen LogP contribution in [0.2, 0.25) is 0 Å². The molecule has 0 aromatic heterocycles. The first-order valence-corrected chi connectivity index (χ1v) is 10.6. The van der Waals surface area contributed by atoms with Crippen LogP contribution in [-0.4, -0.2) is 70.0 Å². The van der Waals surface area contributed by atoms with Gasteiger partial charge in [0, 0.05) is 32.3 Å². The lowest BCUT2D eigenvalue weighted by molar-refractivity contribution is -0.125. The molecule has 0 atom stereocenters. The number of carbonyl (C=O) groups is 1. The lowest BCUT2D eigenvalue weighted by Crippen LogP contribution is -2.40. The Morgan fingerprint density at radius 3 is 2.61 bits per heavy atom. The second-order valence-corrected chi connectivity index (χ2v) is 8.48. The molecule has 1 fully saturated rings. The Kier molecular flexibility index (Phi) is 7.79. The summed E-state index contributed by atoms with van der Waals surface area (Å²) < 4.78 is 37.9. The Morgan fingerprint density at radius 2 is 2.04 bits per heavy atom. The van der Waals surface area contributed by atoms with E-state index in [1.54, 1.807) is 23.1 Å². The number of hydrogen-bond acceptors (Lipinski definition) is 5. The number of hydrogen-bond donors (Lipinski definition) is 0. The summed E-state index contributed by atoms with van der Waals surface area (Å²) in [5.74, 6) is 0.117. The fraction of sp³-hybridized carbons (Fsp3) is 0.450. The maximum Gasteiger partial charge on any atom is 0.246 e. The third-order valence-electron chi connectivity index (χ3n) is 4.35. The zero-order valence-corrected chi connectivity index (χ0v) is 17.5. The van der Waals surface area contributed by atoms with Crippen molar-refractivity contribution in [1.82, 2.24) is 9.21 Å². The molecule has 1 heterocycles. The van der Waals surface area contributed by atoms with Crippen LogP contribution in [0.15, 0.2) is 41.3 Å². The van der Waals surface area contributed by atoms with Crippen LogP contribution in [0.4, 0.5) is 0 Å². The van der Waals surface area contributed by atoms with Gasteiger partial charge in [-0.05, 0) is 37.6 Å². The molecule has 7 nitrogen and oxygen atoms in total. The molecule has 0 unspecified atom stereocenters. The van der Waals surface area contributed by atoms with E-state index in [0.29, 0.717) is 45.0 Å². The van der Waals surface area contributed by atoms with Crippen molar-refractivity contribution < 1.29 is 22.7 Å². The highest BCUT2D eigenvalue weighted by molar-refractivity contribution is 7.89. The molecule has 1 aliphatic rings. The smallest absolute Gasteiger partial charge is 0.246 e. The zero-order chi connectivity index (χ0) is 20.7. The molecule has 28 heavy (non-hydrogen) atoms. The van der Waals surface area contributed by atoms with Crippen LogP contribution < -0.4 is 4.74 Å². The first kappa shape index (κ1) is 22.1. The Morgan fingerprint density at radius 1 is 1.36 bits per heavy atom. The summed E-state index contributed by atoms with van der Waals surface area (Å²) in [6.45, 7) is 9.98. The van der Waals surface area contributed by atoms with Gasteiger partial charge < -0.3 is 14.4 Å². The topological polar surface area (TPSA) is 76.2 Å². The number of morpholine rings is 1. The van der Waals surface area contributed by atoms with E-state index in [1.165, 1.54) is 23.6 Å². The molecule has 1 amide bonds. The summed E-state index contributed by atoms with van der Waals surface area (Å²) in [7, 11) is -2.28. The van der Waals surface area contributed by atoms with E-state index < -0.39 is 10.0 Å². The molecule has 8 heteroatoms. The summed E-state index contributed by atoms with van der Waals surface area (Å²) in [5.41, 5.74) is 1.50. The van der Waals surface area contributed by atoms with Crippen LogP contribution in [0.5, 0.6) is 5.75 Å². The molecule has 1 saturated heterocycles. The zero-order valence-electron chi connectivity index (χ0n) is 16.7. The minimum absolute atomic E-state index is 0.0841. The van der Waals surface area contributed by atoms with Crippen molar-refractivity contribution in [1.29, 1.82) is 0 Å². The SMILES string of the molecule is C=C(C)CN(CC)C(=O)C=Cc1ccc(OC)c(S(=O)(=O)N2CCOCC2)c1. The number of methoxy groups -OCH3 is 1. The van der Waals surface area contributed by atoms with Crippen molar-refractivity contribution in [2.75, 3.05) is 46.5 Å². The van der Waals surface area contributed by atoms with Crippen LogP contribution in [-0.2, 0) is 19.6 Å². The van der Waals surface area contributed by atoms with E-state index in [4.69, 9.17) is 9.47 Å². The molecular weight excluding hydrogens is 380 g/mol. The predicted molar refractivity (Wildman–Crippen MR) is 109 cm³/mol. The highest BCUT2D eigenvalue weighted by Crippen LogP contribution is 2.28. The number of nitrogens with zero attached hydrogens (tertiary/aromatic N) is 2. The van der Waals surface area contributed by atoms with E-state index in [-0.39, 0.29) is 16.6 Å². The molecule has 0 aliphatic carbocycles. The molecule has 2 rings (SSSR count). The van der Waals surface area contributed by atoms with Gasteiger partial charge >= 0.3 is 0 Å². The Hall–Kier alpha value is -2.16. The molecule has 1 aliphatic heterocycles. The third-order valence-corrected chi connectivity index (χ3v) is 6.27. The molecule has 154 valence electrons. The quantitative estimate of drug-likeness (QED) is 0.487. The fourth-order valence-corrected chi connectivity index (χ4v) is 4.47. The van der Waals surface area contributed by atoms with Crippen LogP contribution in [0.1, 0.15) is 19.4 Å². The molecular formula is C20H28N2O5S. The van der Waals surface area contributed by atoms with Crippen molar-refractivity contribution in [3.05, 3.63) is 42.0 Å². The Bertz CT molecular complexity index is 842. The minimum atomic E-state index is -3.72. The number of ether oxygens (including phenoxy) is 2. The van der Waals surface area contributed by atoms with Gasteiger partial charge in [-0.15, -0.1) is 0 Å². The van der Waals surface area contributed by atoms with Crippen LogP contribution in [0.3, 0.4) is 0 Å². The molecule has 0 bridgehead atoms. The maximum atomic E-state index is 13.0. The largest absolute Gasteiger partial charge is 0.495 e. The second kappa shape index (κ2) is 9.86. The van der Waals surface area contributed by atoms with Crippen molar-refractivity contribution >= 4 is 22.0 Å². The number of sulfonamides is 1. The van der Waals surface area contributed by atoms with Gasteiger partial charge in [0.05, 0.1) is 20.3 Å². The van der Waals surface area contributed by atoms with Crippen molar-refractivity contribution in [3.63, 3.8) is 0 Å². The van der Waals surface area contributed by atoms with Crippen LogP contribution in [0, 0.1) is 0 Å². The van der Waals surface area contributed by atoms with Gasteiger partial charge in [-0.2, -0.15) is 4.31 Å². The van der Waals surface area contributed by atoms with Crippen molar-refractivity contribution in [2.45, 2.75) is 18.7 Å². The van der Waals surface area contributed by atoms with E-state index in [2.05, 4.69) is 6.58 Å². The standard InChI is InChI=1S/C20H28N2O5S/c1-5-21(15-16(2)3)20(23)9-7-17-6-8-18(26-4)19(14-17)28(24,25)22-10-12-27-13-11-22/h6-9,14H,2,5,10-13,15H2,1,3-4H3. The van der Waals surface area contributed by atoms with Gasteiger partial charge in [-0.25, -0.2) is 8.42 Å². The maximum absolute atomic E-state index is 13.0. The minimum Gasteiger partial charge on any atom is -0.495 e. The van der Waals surface area contributed by atoms with Gasteiger partial charge in [0.2, 0.25) is 15.9 Å². The van der Waals surface area contributed by atoms with Crippen molar-refractivity contribution in [2.24, 2.45) is 0 Å². The summed E-state index contributed by atoms with van der Waals surface area (Å²) in [6.07, 6.45) is 3.06. The van der Waals surface area contributed by atoms with E-state index in [1.807, 2.05) is 13.8 Å². The number of likely N-dealkylation sites (N-methyl/N-ethyl adjacent to an activating group) is 1. The van der Waals surface area contributed by atoms with Gasteiger partial charge in [-0.3, -0.25) is 4.79 Å². The second-order valence-electron chi connectivity index (χ2n) is 6.57. The van der Waals surface area contributed by atoms with Gasteiger partial charge in [0.15, 0.2) is 0 Å². The highest BCUT2D eigenvalue weighted by Gasteiger charge is 2.29. The predicted octanol–water partition coefficient (Wildman–Crippen LogP) is 2.15. The van der Waals surface area contributed by atoms with E-state index >= 15 is 0 Å². The summed E-state index contributed by atoms with van der Waals surface area (Å²) >= 11 is 0. The number of carbonyl (C=O) groups excluding carboxylic acids is 1. The third kappa shape index (κ3) is 5.43. The highest BCUT2D eigenvalue weighted by atomic mass is 32.2. The lowest BCUT2D eigenvalue weighted by Gasteiger charge is -2.26. The molecule has 0 spiro atoms. The molecule has 0 radical (unpaired) electrons. The van der Waals surface area contributed by atoms with Gasteiger partial charge in [0.25, 0.3) is 0 Å². The molecule has 1 aromatic carbocycles. The fourth-order valence-electron chi connectivity index (χ4n) is 2.87. The average Bonchev–Trinajstić information content (AvgIpc) is 2.70. The number of benzene rings is 1. The summed E-state index contributed by atoms with van der Waals surface area (Å²) in [6, 6.07) is 4.85. The normalized spacial score (nSPS) is 15.5. The summed E-state index contributed by atoms with van der Waals surface area (Å²) in [4.78, 5) is 14.1. The van der Waals surface area contributed by atoms with Gasteiger partial charge in [-0.1, -0.05) is 18.2 Å².